The van der Waals surface area contributed by atoms with Crippen LogP contribution in [-0.2, 0) is 27.7 Å². The van der Waals surface area contributed by atoms with Crippen molar-refractivity contribution < 1.29 is 17.6 Å². The first-order valence-electron chi connectivity index (χ1n) is 9.84. The summed E-state index contributed by atoms with van der Waals surface area (Å²) in [5, 5.41) is 6.86. The van der Waals surface area contributed by atoms with E-state index in [1.807, 2.05) is 6.92 Å². The molecule has 0 bridgehead atoms. The number of halogens is 1. The zero-order chi connectivity index (χ0) is 22.2. The zero-order valence-corrected chi connectivity index (χ0v) is 17.9. The topological polar surface area (TPSA) is 108 Å². The van der Waals surface area contributed by atoms with Crippen molar-refractivity contribution in [3.63, 3.8) is 0 Å². The first kappa shape index (κ1) is 21.1. The Morgan fingerprint density at radius 1 is 1.26 bits per heavy atom. The van der Waals surface area contributed by atoms with Crippen molar-refractivity contribution in [2.45, 2.75) is 37.6 Å². The summed E-state index contributed by atoms with van der Waals surface area (Å²) in [6.45, 7) is 3.57. The van der Waals surface area contributed by atoms with E-state index in [9.17, 15) is 17.6 Å². The Bertz CT molecular complexity index is 1220. The van der Waals surface area contributed by atoms with Crippen molar-refractivity contribution in [3.8, 4) is 11.4 Å². The van der Waals surface area contributed by atoms with Gasteiger partial charge >= 0.3 is 0 Å². The molecule has 2 heterocycles. The predicted molar refractivity (Wildman–Crippen MR) is 113 cm³/mol. The molecule has 0 spiro atoms. The van der Waals surface area contributed by atoms with Gasteiger partial charge in [-0.15, -0.1) is 0 Å². The number of H-pyrrole nitrogens is 1. The zero-order valence-electron chi connectivity index (χ0n) is 17.1. The third-order valence-corrected chi connectivity index (χ3v) is 6.66. The Balaban J connectivity index is 1.41. The first-order chi connectivity index (χ1) is 14.7. The number of sulfonamides is 1. The molecule has 2 N–H and O–H groups in total. The van der Waals surface area contributed by atoms with Crippen molar-refractivity contribution >= 4 is 21.6 Å². The molecule has 8 nitrogen and oxygen atoms in total. The summed E-state index contributed by atoms with van der Waals surface area (Å²) >= 11 is 0. The van der Waals surface area contributed by atoms with Crippen LogP contribution in [-0.4, -0.2) is 42.1 Å². The maximum Gasteiger partial charge on any atom is 0.240 e. The Kier molecular flexibility index (Phi) is 5.59. The molecule has 1 amide bonds. The molecule has 0 saturated heterocycles. The van der Waals surface area contributed by atoms with Crippen LogP contribution in [0.3, 0.4) is 0 Å². The summed E-state index contributed by atoms with van der Waals surface area (Å²) in [6.07, 6.45) is 0.927. The van der Waals surface area contributed by atoms with E-state index in [1.165, 1.54) is 25.1 Å². The van der Waals surface area contributed by atoms with Gasteiger partial charge in [-0.05, 0) is 61.4 Å². The first-order valence-corrected chi connectivity index (χ1v) is 11.3. The van der Waals surface area contributed by atoms with Gasteiger partial charge in [-0.1, -0.05) is 0 Å². The highest BCUT2D eigenvalue weighted by Gasteiger charge is 2.30. The number of amides is 1. The Hall–Kier alpha value is -3.11. The Morgan fingerprint density at radius 3 is 2.71 bits per heavy atom. The second-order valence-corrected chi connectivity index (χ2v) is 9.26. The quantitative estimate of drug-likeness (QED) is 0.608. The van der Waals surface area contributed by atoms with Gasteiger partial charge in [-0.25, -0.2) is 22.5 Å². The maximum absolute atomic E-state index is 13.0. The fourth-order valence-corrected chi connectivity index (χ4v) is 4.86. The molecule has 0 fully saturated rings. The van der Waals surface area contributed by atoms with Crippen LogP contribution >= 0.6 is 0 Å². The molecule has 0 saturated carbocycles. The van der Waals surface area contributed by atoms with Crippen molar-refractivity contribution in [1.29, 1.82) is 0 Å². The molecule has 3 aromatic rings. The van der Waals surface area contributed by atoms with E-state index in [4.69, 9.17) is 0 Å². The van der Waals surface area contributed by atoms with Gasteiger partial charge < -0.3 is 4.90 Å². The summed E-state index contributed by atoms with van der Waals surface area (Å²) in [5.74, 6) is 0.526. The van der Waals surface area contributed by atoms with Gasteiger partial charge in [0.25, 0.3) is 0 Å². The standard InChI is InChI=1S/C21H22FN5O3S/c1-13-11-16-12-18(7-8-19(16)27(13)14(2)28)31(29,30)23-10-9-20-24-21(26-25-20)15-3-5-17(22)6-4-15/h3-8,12-13,23H,9-11H2,1-2H3,(H,24,25,26). The molecular formula is C21H22FN5O3S. The molecule has 1 atom stereocenters. The number of hydrogen-bond acceptors (Lipinski definition) is 5. The second kappa shape index (κ2) is 8.20. The normalized spacial score (nSPS) is 15.8. The SMILES string of the molecule is CC(=O)N1c2ccc(S(=O)(=O)NCCc3nc(-c4ccc(F)cc4)n[nH]3)cc2CC1C. The molecule has 162 valence electrons. The predicted octanol–water partition coefficient (Wildman–Crippen LogP) is 2.43. The lowest BCUT2D eigenvalue weighted by molar-refractivity contribution is -0.116. The molecule has 1 aliphatic heterocycles. The van der Waals surface area contributed by atoms with Crippen LogP contribution in [0.2, 0.25) is 0 Å². The van der Waals surface area contributed by atoms with Crippen molar-refractivity contribution in [1.82, 2.24) is 19.9 Å². The van der Waals surface area contributed by atoms with Crippen LogP contribution in [0.4, 0.5) is 10.1 Å². The molecule has 2 aromatic carbocycles. The van der Waals surface area contributed by atoms with Crippen molar-refractivity contribution in [3.05, 3.63) is 59.7 Å². The average molecular weight is 444 g/mol. The van der Waals surface area contributed by atoms with Gasteiger partial charge in [-0.3, -0.25) is 9.89 Å². The Labute approximate surface area is 179 Å². The van der Waals surface area contributed by atoms with Crippen LogP contribution in [0.15, 0.2) is 47.4 Å². The van der Waals surface area contributed by atoms with Gasteiger partial charge in [0, 0.05) is 37.2 Å². The number of anilines is 1. The molecule has 31 heavy (non-hydrogen) atoms. The number of carbonyl (C=O) groups excluding carboxylic acids is 1. The molecule has 1 unspecified atom stereocenters. The lowest BCUT2D eigenvalue weighted by Crippen LogP contribution is -2.33. The minimum Gasteiger partial charge on any atom is -0.309 e. The maximum atomic E-state index is 13.0. The summed E-state index contributed by atoms with van der Waals surface area (Å²) in [4.78, 5) is 18.0. The Morgan fingerprint density at radius 2 is 2.00 bits per heavy atom. The van der Waals surface area contributed by atoms with Gasteiger partial charge in [0.05, 0.1) is 4.90 Å². The van der Waals surface area contributed by atoms with E-state index in [-0.39, 0.29) is 29.2 Å². The molecule has 10 heteroatoms. The average Bonchev–Trinajstić information content (AvgIpc) is 3.31. The lowest BCUT2D eigenvalue weighted by Gasteiger charge is -2.20. The van der Waals surface area contributed by atoms with Crippen molar-refractivity contribution in [2.75, 3.05) is 11.4 Å². The van der Waals surface area contributed by atoms with Crippen molar-refractivity contribution in [2.24, 2.45) is 0 Å². The molecule has 4 rings (SSSR count). The highest BCUT2D eigenvalue weighted by Crippen LogP contribution is 2.33. The van der Waals surface area contributed by atoms with E-state index in [0.717, 1.165) is 11.3 Å². The number of hydrogen-bond donors (Lipinski definition) is 2. The van der Waals surface area contributed by atoms with E-state index >= 15 is 0 Å². The summed E-state index contributed by atoms with van der Waals surface area (Å²) in [5.41, 5.74) is 2.26. The van der Waals surface area contributed by atoms with Crippen LogP contribution in [0.5, 0.6) is 0 Å². The second-order valence-electron chi connectivity index (χ2n) is 7.49. The molecule has 0 aliphatic carbocycles. The van der Waals surface area contributed by atoms with Crippen LogP contribution in [0.1, 0.15) is 25.2 Å². The largest absolute Gasteiger partial charge is 0.309 e. The molecule has 1 aromatic heterocycles. The van der Waals surface area contributed by atoms with E-state index in [2.05, 4.69) is 19.9 Å². The third kappa shape index (κ3) is 4.35. The van der Waals surface area contributed by atoms with Crippen LogP contribution in [0, 0.1) is 5.82 Å². The van der Waals surface area contributed by atoms with Gasteiger partial charge in [0.2, 0.25) is 15.9 Å². The fourth-order valence-electron chi connectivity index (χ4n) is 3.78. The number of nitrogens with one attached hydrogen (secondary N) is 2. The molecule has 1 aliphatic rings. The minimum atomic E-state index is -3.71. The summed E-state index contributed by atoms with van der Waals surface area (Å²) in [6, 6.07) is 10.6. The number of nitrogens with zero attached hydrogens (tertiary/aromatic N) is 3. The summed E-state index contributed by atoms with van der Waals surface area (Å²) < 4.78 is 41.0. The number of fused-ring (bicyclic) bond motifs is 1. The lowest BCUT2D eigenvalue weighted by atomic mass is 10.1. The third-order valence-electron chi connectivity index (χ3n) is 5.20. The van der Waals surface area contributed by atoms with Crippen LogP contribution in [0.25, 0.3) is 11.4 Å². The number of rotatable bonds is 6. The number of carbonyl (C=O) groups is 1. The van der Waals surface area contributed by atoms with Crippen LogP contribution < -0.4 is 9.62 Å². The minimum absolute atomic E-state index is 0.000156. The van der Waals surface area contributed by atoms with Gasteiger partial charge in [-0.2, -0.15) is 5.10 Å². The van der Waals surface area contributed by atoms with E-state index < -0.39 is 10.0 Å². The number of aromatic nitrogens is 3. The smallest absolute Gasteiger partial charge is 0.240 e. The molecule has 0 radical (unpaired) electrons. The summed E-state index contributed by atoms with van der Waals surface area (Å²) in [7, 11) is -3.71. The number of benzene rings is 2. The van der Waals surface area contributed by atoms with E-state index in [0.29, 0.717) is 30.1 Å². The fraction of sp³-hybridized carbons (Fsp3) is 0.286. The highest BCUT2D eigenvalue weighted by molar-refractivity contribution is 7.89. The number of aromatic amines is 1. The highest BCUT2D eigenvalue weighted by atomic mass is 32.2. The van der Waals surface area contributed by atoms with Gasteiger partial charge in [0.15, 0.2) is 5.82 Å². The van der Waals surface area contributed by atoms with E-state index in [1.54, 1.807) is 29.2 Å². The van der Waals surface area contributed by atoms with Gasteiger partial charge in [0.1, 0.15) is 11.6 Å². The molecular weight excluding hydrogens is 421 g/mol. The monoisotopic (exact) mass is 443 g/mol.